The quantitative estimate of drug-likeness (QED) is 0.476. The van der Waals surface area contributed by atoms with Crippen LogP contribution in [0.25, 0.3) is 10.9 Å². The van der Waals surface area contributed by atoms with Crippen molar-refractivity contribution in [1.82, 2.24) is 9.47 Å². The molecule has 2 heterocycles. The van der Waals surface area contributed by atoms with Crippen molar-refractivity contribution in [2.75, 3.05) is 26.3 Å². The van der Waals surface area contributed by atoms with Crippen LogP contribution in [0.1, 0.15) is 34.5 Å². The third-order valence-corrected chi connectivity index (χ3v) is 6.15. The molecule has 32 heavy (non-hydrogen) atoms. The molecular weight excluding hydrogens is 426 g/mol. The van der Waals surface area contributed by atoms with Gasteiger partial charge in [-0.2, -0.15) is 5.26 Å². The molecule has 7 heteroatoms. The summed E-state index contributed by atoms with van der Waals surface area (Å²) in [5.74, 6) is 0.715. The fourth-order valence-electron chi connectivity index (χ4n) is 4.01. The summed E-state index contributed by atoms with van der Waals surface area (Å²) in [5.41, 5.74) is 3.65. The summed E-state index contributed by atoms with van der Waals surface area (Å²) < 4.78 is 13.4. The molecule has 3 aromatic rings. The maximum absolute atomic E-state index is 13.2. The number of hydrogen-bond donors (Lipinski definition) is 0. The second-order valence-corrected chi connectivity index (χ2v) is 8.30. The summed E-state index contributed by atoms with van der Waals surface area (Å²) in [4.78, 5) is 15.1. The molecule has 1 fully saturated rings. The molecule has 0 spiro atoms. The molecule has 0 saturated carbocycles. The molecule has 1 aromatic heterocycles. The van der Waals surface area contributed by atoms with E-state index >= 15 is 0 Å². The van der Waals surface area contributed by atoms with E-state index in [1.54, 1.807) is 0 Å². The van der Waals surface area contributed by atoms with E-state index in [2.05, 4.69) is 6.07 Å². The number of rotatable bonds is 7. The van der Waals surface area contributed by atoms with Gasteiger partial charge in [0.25, 0.3) is 5.91 Å². The van der Waals surface area contributed by atoms with Crippen LogP contribution in [-0.4, -0.2) is 41.7 Å². The summed E-state index contributed by atoms with van der Waals surface area (Å²) >= 11 is 6.33. The number of morpholine rings is 1. The second-order valence-electron chi connectivity index (χ2n) is 7.89. The Labute approximate surface area is 192 Å². The molecule has 166 valence electrons. The predicted molar refractivity (Wildman–Crippen MR) is 124 cm³/mol. The van der Waals surface area contributed by atoms with E-state index in [1.807, 2.05) is 58.9 Å². The van der Waals surface area contributed by atoms with Gasteiger partial charge in [0.2, 0.25) is 0 Å². The normalized spacial score (nSPS) is 13.8. The van der Waals surface area contributed by atoms with Gasteiger partial charge in [0, 0.05) is 47.5 Å². The molecule has 0 radical (unpaired) electrons. The first kappa shape index (κ1) is 22.2. The van der Waals surface area contributed by atoms with Gasteiger partial charge in [0.1, 0.15) is 18.1 Å². The Balaban J connectivity index is 1.62. The molecule has 0 atom stereocenters. The number of fused-ring (bicyclic) bond motifs is 1. The molecule has 0 aliphatic carbocycles. The van der Waals surface area contributed by atoms with Crippen LogP contribution in [0.3, 0.4) is 0 Å². The third kappa shape index (κ3) is 4.74. The van der Waals surface area contributed by atoms with Crippen LogP contribution in [0.4, 0.5) is 0 Å². The lowest BCUT2D eigenvalue weighted by Crippen LogP contribution is -2.41. The highest BCUT2D eigenvalue weighted by Gasteiger charge is 2.23. The molecule has 6 nitrogen and oxygen atoms in total. The Hall–Kier alpha value is -3.01. The van der Waals surface area contributed by atoms with Crippen LogP contribution >= 0.6 is 11.6 Å². The number of nitrogens with zero attached hydrogens (tertiary/aromatic N) is 3. The molecule has 1 amide bonds. The van der Waals surface area contributed by atoms with Gasteiger partial charge in [-0.25, -0.2) is 0 Å². The summed E-state index contributed by atoms with van der Waals surface area (Å²) in [5, 5.41) is 10.6. The van der Waals surface area contributed by atoms with Crippen molar-refractivity contribution in [3.63, 3.8) is 0 Å². The molecular formula is C25H26ClN3O3. The van der Waals surface area contributed by atoms with Crippen LogP contribution in [0.15, 0.2) is 42.5 Å². The number of amides is 1. The fraction of sp³-hybridized carbons (Fsp3) is 0.360. The second kappa shape index (κ2) is 10.1. The van der Waals surface area contributed by atoms with Crippen LogP contribution in [-0.2, 0) is 17.9 Å². The number of benzene rings is 2. The minimum atomic E-state index is -0.00406. The van der Waals surface area contributed by atoms with Crippen LogP contribution in [0.5, 0.6) is 5.75 Å². The molecule has 0 unspecified atom stereocenters. The zero-order chi connectivity index (χ0) is 22.5. The van der Waals surface area contributed by atoms with Gasteiger partial charge in [-0.3, -0.25) is 4.79 Å². The van der Waals surface area contributed by atoms with Crippen molar-refractivity contribution in [1.29, 1.82) is 5.26 Å². The lowest BCUT2D eigenvalue weighted by atomic mass is 10.1. The van der Waals surface area contributed by atoms with E-state index in [-0.39, 0.29) is 5.91 Å². The maximum atomic E-state index is 13.2. The van der Waals surface area contributed by atoms with E-state index < -0.39 is 0 Å². The molecule has 2 aromatic carbocycles. The number of hydrogen-bond acceptors (Lipinski definition) is 4. The Kier molecular flexibility index (Phi) is 6.99. The predicted octanol–water partition coefficient (Wildman–Crippen LogP) is 4.96. The van der Waals surface area contributed by atoms with Crippen molar-refractivity contribution >= 4 is 28.4 Å². The number of carbonyl (C=O) groups excluding carboxylic acids is 1. The Bertz CT molecular complexity index is 1140. The zero-order valence-electron chi connectivity index (χ0n) is 18.1. The first-order chi connectivity index (χ1) is 15.6. The van der Waals surface area contributed by atoms with E-state index in [0.29, 0.717) is 63.0 Å². The monoisotopic (exact) mass is 451 g/mol. The van der Waals surface area contributed by atoms with Gasteiger partial charge < -0.3 is 18.9 Å². The van der Waals surface area contributed by atoms with Gasteiger partial charge in [-0.15, -0.1) is 0 Å². The highest BCUT2D eigenvalue weighted by Crippen LogP contribution is 2.28. The maximum Gasteiger partial charge on any atom is 0.270 e. The molecule has 4 rings (SSSR count). The molecule has 0 bridgehead atoms. The van der Waals surface area contributed by atoms with Gasteiger partial charge in [-0.1, -0.05) is 23.7 Å². The number of halogens is 1. The molecule has 0 N–H and O–H groups in total. The number of unbranched alkanes of at least 4 members (excludes halogenated alkanes) is 1. The number of nitriles is 1. The van der Waals surface area contributed by atoms with Crippen molar-refractivity contribution in [3.8, 4) is 11.8 Å². The zero-order valence-corrected chi connectivity index (χ0v) is 18.9. The first-order valence-corrected chi connectivity index (χ1v) is 11.2. The average molecular weight is 452 g/mol. The van der Waals surface area contributed by atoms with E-state index in [4.69, 9.17) is 26.3 Å². The van der Waals surface area contributed by atoms with Gasteiger partial charge >= 0.3 is 0 Å². The number of carbonyl (C=O) groups is 1. The highest BCUT2D eigenvalue weighted by atomic mass is 35.5. The van der Waals surface area contributed by atoms with Crippen molar-refractivity contribution in [3.05, 3.63) is 64.3 Å². The number of ether oxygens (including phenoxy) is 2. The van der Waals surface area contributed by atoms with Gasteiger partial charge in [0.15, 0.2) is 0 Å². The smallest absolute Gasteiger partial charge is 0.270 e. The lowest BCUT2D eigenvalue weighted by Gasteiger charge is -2.27. The number of aromatic nitrogens is 1. The SMILES string of the molecule is Cc1cccc(Cl)c1COc1ccc2c(c1)cc(C(=O)N1CCOCC1)n2CCCC#N. The summed E-state index contributed by atoms with van der Waals surface area (Å²) in [6, 6.07) is 15.8. The summed E-state index contributed by atoms with van der Waals surface area (Å²) in [6.07, 6.45) is 1.14. The van der Waals surface area contributed by atoms with E-state index in [0.717, 1.165) is 27.8 Å². The van der Waals surface area contributed by atoms with Crippen molar-refractivity contribution < 1.29 is 14.3 Å². The minimum absolute atomic E-state index is 0.00406. The minimum Gasteiger partial charge on any atom is -0.489 e. The Morgan fingerprint density at radius 3 is 2.78 bits per heavy atom. The molecule has 1 saturated heterocycles. The van der Waals surface area contributed by atoms with Crippen LogP contribution in [0.2, 0.25) is 5.02 Å². The third-order valence-electron chi connectivity index (χ3n) is 5.80. The standard InChI is InChI=1S/C25H26ClN3O3/c1-18-5-4-6-22(26)21(18)17-32-20-7-8-23-19(15-20)16-24(29(23)10-3-2-9-27)25(30)28-11-13-31-14-12-28/h4-8,15-16H,2-3,10-14,17H2,1H3. The topological polar surface area (TPSA) is 67.5 Å². The highest BCUT2D eigenvalue weighted by molar-refractivity contribution is 6.31. The van der Waals surface area contributed by atoms with E-state index in [9.17, 15) is 4.79 Å². The number of aryl methyl sites for hydroxylation is 2. The first-order valence-electron chi connectivity index (χ1n) is 10.8. The van der Waals surface area contributed by atoms with Gasteiger partial charge in [0.05, 0.1) is 19.3 Å². The van der Waals surface area contributed by atoms with Crippen LogP contribution < -0.4 is 4.74 Å². The van der Waals surface area contributed by atoms with E-state index in [1.165, 1.54) is 0 Å². The average Bonchev–Trinajstić information content (AvgIpc) is 3.17. The largest absolute Gasteiger partial charge is 0.489 e. The van der Waals surface area contributed by atoms with Crippen molar-refractivity contribution in [2.45, 2.75) is 32.9 Å². The summed E-state index contributed by atoms with van der Waals surface area (Å²) in [6.45, 7) is 5.29. The molecule has 1 aliphatic rings. The van der Waals surface area contributed by atoms with Crippen LogP contribution in [0, 0.1) is 18.3 Å². The fourth-order valence-corrected chi connectivity index (χ4v) is 4.28. The Morgan fingerprint density at radius 1 is 1.22 bits per heavy atom. The molecule has 1 aliphatic heterocycles. The lowest BCUT2D eigenvalue weighted by molar-refractivity contribution is 0.0296. The van der Waals surface area contributed by atoms with Crippen molar-refractivity contribution in [2.24, 2.45) is 0 Å². The summed E-state index contributed by atoms with van der Waals surface area (Å²) in [7, 11) is 0. The Morgan fingerprint density at radius 2 is 2.03 bits per heavy atom. The van der Waals surface area contributed by atoms with Gasteiger partial charge in [-0.05, 0) is 49.2 Å².